The number of hydrogen-bond acceptors (Lipinski definition) is 6. The second kappa shape index (κ2) is 11.0. The summed E-state index contributed by atoms with van der Waals surface area (Å²) in [5.74, 6) is -2.06. The molecule has 2 heterocycles. The molecule has 3 N–H and O–H groups in total. The zero-order valence-electron chi connectivity index (χ0n) is 21.1. The Morgan fingerprint density at radius 3 is 2.03 bits per heavy atom. The van der Waals surface area contributed by atoms with E-state index in [4.69, 9.17) is 19.6 Å². The maximum absolute atomic E-state index is 12.8. The Morgan fingerprint density at radius 1 is 1.03 bits per heavy atom. The molecule has 9 heteroatoms. The largest absolute Gasteiger partial charge is 0.519 e. The molecule has 1 aromatic carbocycles. The maximum Gasteiger partial charge on any atom is 0.519 e. The molecule has 0 fully saturated rings. The van der Waals surface area contributed by atoms with Gasteiger partial charge in [-0.3, -0.25) is 9.78 Å². The molecule has 0 saturated heterocycles. The molecule has 35 heavy (non-hydrogen) atoms. The summed E-state index contributed by atoms with van der Waals surface area (Å²) in [7, 11) is 0. The summed E-state index contributed by atoms with van der Waals surface area (Å²) in [6.45, 7) is 13.3. The first-order valence-corrected chi connectivity index (χ1v) is 10.9. The van der Waals surface area contributed by atoms with Gasteiger partial charge in [0.1, 0.15) is 5.76 Å². The summed E-state index contributed by atoms with van der Waals surface area (Å²) < 4.78 is 10.3. The molecule has 0 aliphatic rings. The Kier molecular flexibility index (Phi) is 9.54. The van der Waals surface area contributed by atoms with E-state index in [0.29, 0.717) is 23.2 Å². The molecule has 1 unspecified atom stereocenters. The first-order chi connectivity index (χ1) is 15.3. The van der Waals surface area contributed by atoms with Crippen molar-refractivity contribution in [1.82, 2.24) is 4.98 Å². The third-order valence-electron chi connectivity index (χ3n) is 5.93. The van der Waals surface area contributed by atoms with E-state index in [9.17, 15) is 14.7 Å². The number of aliphatic carboxylic acids is 1. The summed E-state index contributed by atoms with van der Waals surface area (Å²) in [5.41, 5.74) is 9.69. The number of rotatable bonds is 6. The van der Waals surface area contributed by atoms with Gasteiger partial charge in [-0.15, -0.1) is 24.8 Å². The Balaban J connectivity index is 0.00000306. The van der Waals surface area contributed by atoms with Gasteiger partial charge in [0.2, 0.25) is 0 Å². The molecule has 1 atom stereocenters. The highest BCUT2D eigenvalue weighted by Gasteiger charge is 2.47. The normalized spacial score (nSPS) is 12.9. The number of carboxylic acid groups (broad SMARTS) is 1. The van der Waals surface area contributed by atoms with Gasteiger partial charge < -0.3 is 19.7 Å². The number of aromatic nitrogens is 1. The van der Waals surface area contributed by atoms with Crippen molar-refractivity contribution in [3.63, 3.8) is 0 Å². The smallest absolute Gasteiger partial charge is 0.480 e. The summed E-state index contributed by atoms with van der Waals surface area (Å²) in [6.07, 6.45) is 0.670. The quantitative estimate of drug-likeness (QED) is 0.436. The second-order valence-electron chi connectivity index (χ2n) is 9.95. The number of benzene rings is 1. The van der Waals surface area contributed by atoms with Crippen molar-refractivity contribution >= 4 is 30.8 Å². The third-order valence-corrected chi connectivity index (χ3v) is 5.93. The van der Waals surface area contributed by atoms with Crippen molar-refractivity contribution in [2.24, 2.45) is 11.1 Å². The van der Waals surface area contributed by atoms with E-state index in [2.05, 4.69) is 20.8 Å². The monoisotopic (exact) mass is 524 g/mol. The highest BCUT2D eigenvalue weighted by Crippen LogP contribution is 2.44. The van der Waals surface area contributed by atoms with Crippen molar-refractivity contribution in [3.8, 4) is 11.1 Å². The molecule has 0 aliphatic carbocycles. The summed E-state index contributed by atoms with van der Waals surface area (Å²) >= 11 is 0. The van der Waals surface area contributed by atoms with Gasteiger partial charge in [-0.1, -0.05) is 50.6 Å². The van der Waals surface area contributed by atoms with Crippen molar-refractivity contribution < 1.29 is 18.7 Å². The molecule has 0 amide bonds. The minimum atomic E-state index is -1.72. The topological polar surface area (TPSA) is 120 Å². The van der Waals surface area contributed by atoms with Gasteiger partial charge in [-0.2, -0.15) is 0 Å². The van der Waals surface area contributed by atoms with Gasteiger partial charge >= 0.3 is 11.8 Å². The van der Waals surface area contributed by atoms with Crippen LogP contribution in [0.15, 0.2) is 37.9 Å². The van der Waals surface area contributed by atoms with Gasteiger partial charge in [0, 0.05) is 23.5 Å². The molecule has 0 radical (unpaired) electrons. The van der Waals surface area contributed by atoms with Gasteiger partial charge in [-0.05, 0) is 56.2 Å². The van der Waals surface area contributed by atoms with Crippen LogP contribution in [0.1, 0.15) is 67.3 Å². The fourth-order valence-electron chi connectivity index (χ4n) is 4.44. The second-order valence-corrected chi connectivity index (χ2v) is 9.95. The predicted molar refractivity (Wildman–Crippen MR) is 141 cm³/mol. The fraction of sp³-hybridized carbons (Fsp3) is 0.423. The van der Waals surface area contributed by atoms with Crippen LogP contribution < -0.4 is 11.6 Å². The van der Waals surface area contributed by atoms with E-state index < -0.39 is 17.2 Å². The van der Waals surface area contributed by atoms with Gasteiger partial charge in [0.15, 0.2) is 11.2 Å². The van der Waals surface area contributed by atoms with E-state index in [1.807, 2.05) is 31.2 Å². The highest BCUT2D eigenvalue weighted by atomic mass is 35.5. The van der Waals surface area contributed by atoms with Crippen molar-refractivity contribution in [3.05, 3.63) is 74.5 Å². The lowest BCUT2D eigenvalue weighted by Crippen LogP contribution is -2.36. The molecule has 192 valence electrons. The standard InChI is InChI=1S/C26H32N2O5.2ClH/c1-14-8-10-17(11-9-14)20-18(13-27)19(12-25(4,5)6)28-15(2)21(20)26(7,23(29)30)22-16(3)32-24(31)33-22;;/h8-11H,12-13,27H2,1-7H3,(H,29,30);2*1H. The van der Waals surface area contributed by atoms with Crippen LogP contribution >= 0.6 is 24.8 Å². The number of pyridine rings is 1. The van der Waals surface area contributed by atoms with E-state index in [1.54, 1.807) is 6.92 Å². The van der Waals surface area contributed by atoms with Crippen LogP contribution in [0.25, 0.3) is 11.1 Å². The highest BCUT2D eigenvalue weighted by molar-refractivity contribution is 5.90. The Labute approximate surface area is 218 Å². The molecule has 0 saturated carbocycles. The lowest BCUT2D eigenvalue weighted by Gasteiger charge is -2.31. The number of nitrogens with two attached hydrogens (primary N) is 1. The molecule has 3 rings (SSSR count). The molecule has 2 aromatic heterocycles. The number of carboxylic acids is 1. The molecule has 7 nitrogen and oxygen atoms in total. The van der Waals surface area contributed by atoms with Crippen LogP contribution in [0.3, 0.4) is 0 Å². The minimum Gasteiger partial charge on any atom is -0.480 e. The average molecular weight is 525 g/mol. The number of halogens is 2. The lowest BCUT2D eigenvalue weighted by atomic mass is 9.73. The van der Waals surface area contributed by atoms with Crippen LogP contribution in [0.2, 0.25) is 0 Å². The van der Waals surface area contributed by atoms with Gasteiger partial charge in [0.25, 0.3) is 0 Å². The van der Waals surface area contributed by atoms with Crippen LogP contribution in [-0.4, -0.2) is 16.1 Å². The predicted octanol–water partition coefficient (Wildman–Crippen LogP) is 5.50. The molecular formula is C26H34Cl2N2O5. The van der Waals surface area contributed by atoms with E-state index in [-0.39, 0.29) is 48.3 Å². The first kappa shape index (κ1) is 30.4. The first-order valence-electron chi connectivity index (χ1n) is 10.9. The van der Waals surface area contributed by atoms with Crippen LogP contribution in [0, 0.1) is 26.2 Å². The fourth-order valence-corrected chi connectivity index (χ4v) is 4.44. The van der Waals surface area contributed by atoms with Gasteiger partial charge in [-0.25, -0.2) is 4.79 Å². The van der Waals surface area contributed by atoms with Crippen LogP contribution in [-0.2, 0) is 23.2 Å². The third kappa shape index (κ3) is 5.80. The zero-order chi connectivity index (χ0) is 24.7. The molecule has 0 aliphatic heterocycles. The van der Waals surface area contributed by atoms with Crippen molar-refractivity contribution in [2.75, 3.05) is 0 Å². The number of carbonyl (C=O) groups is 1. The summed E-state index contributed by atoms with van der Waals surface area (Å²) in [5, 5.41) is 10.5. The van der Waals surface area contributed by atoms with Crippen molar-refractivity contribution in [1.29, 1.82) is 0 Å². The van der Waals surface area contributed by atoms with Crippen LogP contribution in [0.4, 0.5) is 0 Å². The summed E-state index contributed by atoms with van der Waals surface area (Å²) in [6, 6.07) is 7.85. The Hall–Kier alpha value is -2.61. The minimum absolute atomic E-state index is 0. The van der Waals surface area contributed by atoms with Crippen LogP contribution in [0.5, 0.6) is 0 Å². The molecule has 0 bridgehead atoms. The molecule has 0 spiro atoms. The zero-order valence-corrected chi connectivity index (χ0v) is 22.8. The molecule has 3 aromatic rings. The number of nitrogens with zero attached hydrogens (tertiary/aromatic N) is 1. The van der Waals surface area contributed by atoms with E-state index in [0.717, 1.165) is 22.4 Å². The number of aryl methyl sites for hydroxylation is 3. The Bertz CT molecular complexity index is 1260. The van der Waals surface area contributed by atoms with E-state index >= 15 is 0 Å². The summed E-state index contributed by atoms with van der Waals surface area (Å²) in [4.78, 5) is 29.5. The maximum atomic E-state index is 12.8. The number of hydrogen-bond donors (Lipinski definition) is 2. The SMILES string of the molecule is Cc1ccc(-c2c(CN)c(CC(C)(C)C)nc(C)c2C(C)(C(=O)O)c2oc(=O)oc2C)cc1.Cl.Cl. The van der Waals surface area contributed by atoms with Gasteiger partial charge in [0.05, 0.1) is 0 Å². The van der Waals surface area contributed by atoms with Crippen molar-refractivity contribution in [2.45, 2.75) is 66.8 Å². The Morgan fingerprint density at radius 2 is 1.60 bits per heavy atom. The lowest BCUT2D eigenvalue weighted by molar-refractivity contribution is -0.142. The van der Waals surface area contributed by atoms with E-state index in [1.165, 1.54) is 13.8 Å². The average Bonchev–Trinajstić information content (AvgIpc) is 3.04. The molecular weight excluding hydrogens is 491 g/mol.